The first-order chi connectivity index (χ1) is 11.3. The Hall–Kier alpha value is -1.98. The van der Waals surface area contributed by atoms with Crippen molar-refractivity contribution in [2.24, 2.45) is 0 Å². The normalized spacial score (nSPS) is 19.9. The van der Waals surface area contributed by atoms with Crippen molar-refractivity contribution in [3.8, 4) is 5.75 Å². The second kappa shape index (κ2) is 6.97. The summed E-state index contributed by atoms with van der Waals surface area (Å²) in [6.07, 6.45) is -12.0. The van der Waals surface area contributed by atoms with E-state index in [4.69, 9.17) is 0 Å². The van der Waals surface area contributed by atoms with Crippen LogP contribution in [0.4, 0.5) is 39.9 Å². The highest BCUT2D eigenvalue weighted by Crippen LogP contribution is 2.47. The molecule has 13 heteroatoms. The molecule has 0 saturated carbocycles. The molecule has 1 aromatic carbocycles. The Morgan fingerprint density at radius 2 is 1.73 bits per heavy atom. The number of ether oxygens (including phenoxy) is 2. The highest BCUT2D eigenvalue weighted by molar-refractivity contribution is 5.85. The van der Waals surface area contributed by atoms with Crippen molar-refractivity contribution in [2.75, 3.05) is 13.7 Å². The van der Waals surface area contributed by atoms with E-state index in [-0.39, 0.29) is 24.5 Å². The fraction of sp³-hybridized carbons (Fsp3) is 0.462. The summed E-state index contributed by atoms with van der Waals surface area (Å²) in [6.45, 7) is -1.54. The molecule has 1 aliphatic heterocycles. The molecule has 2 rings (SSSR count). The Kier molecular flexibility index (Phi) is 5.91. The molecule has 1 heterocycles. The minimum Gasteiger partial charge on any atom is -0.496 e. The fourth-order valence-electron chi connectivity index (χ4n) is 2.29. The van der Waals surface area contributed by atoms with E-state index in [9.17, 15) is 39.9 Å². The highest BCUT2D eigenvalue weighted by Gasteiger charge is 2.52. The summed E-state index contributed by atoms with van der Waals surface area (Å²) >= 11 is 0. The minimum atomic E-state index is -5.41. The lowest BCUT2D eigenvalue weighted by Crippen LogP contribution is -2.50. The predicted octanol–water partition coefficient (Wildman–Crippen LogP) is 4.57. The summed E-state index contributed by atoms with van der Waals surface area (Å²) in [4.78, 5) is 11.2. The van der Waals surface area contributed by atoms with Gasteiger partial charge in [0.25, 0.3) is 0 Å². The van der Waals surface area contributed by atoms with Gasteiger partial charge in [-0.1, -0.05) is 0 Å². The van der Waals surface area contributed by atoms with E-state index in [2.05, 4.69) is 9.47 Å². The first kappa shape index (κ1) is 22.1. The number of cyclic esters (lactones) is 1. The highest BCUT2D eigenvalue weighted by atomic mass is 35.5. The van der Waals surface area contributed by atoms with Gasteiger partial charge in [0.1, 0.15) is 11.8 Å². The molecule has 0 bridgehead atoms. The molecule has 0 aromatic heterocycles. The van der Waals surface area contributed by atoms with E-state index < -0.39 is 59.5 Å². The number of hydrogen-bond acceptors (Lipinski definition) is 3. The molecule has 0 aliphatic carbocycles. The summed E-state index contributed by atoms with van der Waals surface area (Å²) in [5, 5.41) is 1.50. The molecule has 1 fully saturated rings. The maximum atomic E-state index is 14.0. The summed E-state index contributed by atoms with van der Waals surface area (Å²) in [6, 6.07) is -2.74. The number of nitrogens with one attached hydrogen (secondary N) is 1. The number of alkyl halides is 8. The quantitative estimate of drug-likeness (QED) is 0.720. The Bertz CT molecular complexity index is 689. The predicted molar refractivity (Wildman–Crippen MR) is 72.4 cm³/mol. The summed E-state index contributed by atoms with van der Waals surface area (Å²) in [5.74, 6) is -5.10. The van der Waals surface area contributed by atoms with Gasteiger partial charge in [0.2, 0.25) is 0 Å². The number of halogens is 9. The van der Waals surface area contributed by atoms with Crippen LogP contribution in [-0.4, -0.2) is 25.7 Å². The standard InChI is InChI=1S/C13H9F8NO3.ClH/c1-24-7-3-5(12(16,17)18)2-6(13(19,20)21)8(7)9-11(14,15)4-25-10(23)22-9;/h2-3,9H,4H2,1H3,(H,22,23);1H/t9-;/m1./s1. The van der Waals surface area contributed by atoms with Crippen LogP contribution in [-0.2, 0) is 17.1 Å². The summed E-state index contributed by atoms with van der Waals surface area (Å²) in [5.41, 5.74) is -5.04. The number of carbonyl (C=O) groups excluding carboxylic acids is 1. The Morgan fingerprint density at radius 1 is 1.15 bits per heavy atom. The van der Waals surface area contributed by atoms with E-state index in [0.717, 1.165) is 7.11 Å². The molecular formula is C13H10ClF8NO3. The van der Waals surface area contributed by atoms with Gasteiger partial charge >= 0.3 is 24.4 Å². The fourth-order valence-corrected chi connectivity index (χ4v) is 2.29. The first-order valence-corrected chi connectivity index (χ1v) is 6.45. The Morgan fingerprint density at radius 3 is 2.19 bits per heavy atom. The number of rotatable bonds is 2. The van der Waals surface area contributed by atoms with E-state index in [1.807, 2.05) is 0 Å². The monoisotopic (exact) mass is 415 g/mol. The second-order valence-electron chi connectivity index (χ2n) is 5.05. The van der Waals surface area contributed by atoms with Crippen molar-refractivity contribution in [1.29, 1.82) is 0 Å². The molecule has 1 atom stereocenters. The van der Waals surface area contributed by atoms with E-state index in [0.29, 0.717) is 0 Å². The van der Waals surface area contributed by atoms with Gasteiger partial charge in [-0.2, -0.15) is 26.3 Å². The van der Waals surface area contributed by atoms with E-state index in [1.54, 1.807) is 0 Å². The third-order valence-corrected chi connectivity index (χ3v) is 3.36. The maximum Gasteiger partial charge on any atom is 0.416 e. The molecule has 148 valence electrons. The van der Waals surface area contributed by atoms with Crippen LogP contribution < -0.4 is 10.1 Å². The van der Waals surface area contributed by atoms with Crippen LogP contribution in [0.25, 0.3) is 0 Å². The maximum absolute atomic E-state index is 14.0. The molecule has 4 nitrogen and oxygen atoms in total. The van der Waals surface area contributed by atoms with Crippen LogP contribution in [0.1, 0.15) is 22.7 Å². The van der Waals surface area contributed by atoms with Crippen molar-refractivity contribution >= 4 is 18.5 Å². The number of methoxy groups -OCH3 is 1. The van der Waals surface area contributed by atoms with Crippen molar-refractivity contribution in [3.63, 3.8) is 0 Å². The van der Waals surface area contributed by atoms with Crippen molar-refractivity contribution in [1.82, 2.24) is 5.32 Å². The number of amides is 1. The zero-order valence-corrected chi connectivity index (χ0v) is 13.4. The van der Waals surface area contributed by atoms with Crippen LogP contribution in [0.5, 0.6) is 5.75 Å². The zero-order valence-electron chi connectivity index (χ0n) is 12.6. The number of carbonyl (C=O) groups is 1. The van der Waals surface area contributed by atoms with Gasteiger partial charge in [0, 0.05) is 5.56 Å². The molecule has 26 heavy (non-hydrogen) atoms. The van der Waals surface area contributed by atoms with Crippen LogP contribution in [0.2, 0.25) is 0 Å². The van der Waals surface area contributed by atoms with Gasteiger partial charge in [-0.05, 0) is 12.1 Å². The lowest BCUT2D eigenvalue weighted by Gasteiger charge is -2.34. The molecule has 1 aromatic rings. The average molecular weight is 416 g/mol. The molecule has 1 saturated heterocycles. The van der Waals surface area contributed by atoms with Crippen molar-refractivity contribution in [2.45, 2.75) is 24.3 Å². The third-order valence-electron chi connectivity index (χ3n) is 3.36. The number of hydrogen-bond donors (Lipinski definition) is 1. The lowest BCUT2D eigenvalue weighted by molar-refractivity contribution is -0.146. The summed E-state index contributed by atoms with van der Waals surface area (Å²) in [7, 11) is 0.721. The lowest BCUT2D eigenvalue weighted by atomic mass is 9.91. The van der Waals surface area contributed by atoms with Gasteiger partial charge in [0.05, 0.1) is 18.2 Å². The average Bonchev–Trinajstić information content (AvgIpc) is 2.46. The molecule has 1 N–H and O–H groups in total. The molecule has 1 amide bonds. The molecular weight excluding hydrogens is 406 g/mol. The van der Waals surface area contributed by atoms with Crippen LogP contribution in [0.3, 0.4) is 0 Å². The van der Waals surface area contributed by atoms with Gasteiger partial charge in [-0.25, -0.2) is 13.6 Å². The number of alkyl carbamates (subject to hydrolysis) is 1. The Balaban J connectivity index is 0.00000338. The zero-order chi connectivity index (χ0) is 19.2. The van der Waals surface area contributed by atoms with Gasteiger partial charge in [-0.3, -0.25) is 0 Å². The van der Waals surface area contributed by atoms with Crippen molar-refractivity contribution in [3.05, 3.63) is 28.8 Å². The van der Waals surface area contributed by atoms with Gasteiger partial charge < -0.3 is 14.8 Å². The van der Waals surface area contributed by atoms with E-state index in [1.165, 1.54) is 5.32 Å². The molecule has 0 unspecified atom stereocenters. The topological polar surface area (TPSA) is 47.6 Å². The molecule has 1 aliphatic rings. The van der Waals surface area contributed by atoms with Gasteiger partial charge in [0.15, 0.2) is 6.61 Å². The Labute approximate surface area is 146 Å². The largest absolute Gasteiger partial charge is 0.496 e. The minimum absolute atomic E-state index is 0. The molecule has 0 radical (unpaired) electrons. The molecule has 0 spiro atoms. The van der Waals surface area contributed by atoms with Crippen LogP contribution >= 0.6 is 12.4 Å². The van der Waals surface area contributed by atoms with Crippen molar-refractivity contribution < 1.29 is 49.4 Å². The van der Waals surface area contributed by atoms with E-state index >= 15 is 0 Å². The third kappa shape index (κ3) is 4.22. The van der Waals surface area contributed by atoms with Crippen LogP contribution in [0, 0.1) is 0 Å². The summed E-state index contributed by atoms with van der Waals surface area (Å²) < 4.78 is 114. The smallest absolute Gasteiger partial charge is 0.416 e. The van der Waals surface area contributed by atoms with Gasteiger partial charge in [-0.15, -0.1) is 12.4 Å². The SMILES string of the molecule is COc1cc(C(F)(F)F)cc(C(F)(F)F)c1[C@H]1NC(=O)OCC1(F)F.Cl. The number of benzene rings is 1. The first-order valence-electron chi connectivity index (χ1n) is 6.45. The second-order valence-corrected chi connectivity index (χ2v) is 5.05. The van der Waals surface area contributed by atoms with Crippen LogP contribution in [0.15, 0.2) is 12.1 Å².